The van der Waals surface area contributed by atoms with Crippen molar-refractivity contribution in [1.29, 1.82) is 10.5 Å². The zero-order valence-corrected chi connectivity index (χ0v) is 16.6. The minimum absolute atomic E-state index is 0.508. The summed E-state index contributed by atoms with van der Waals surface area (Å²) in [6.45, 7) is 0. The zero-order valence-electron chi connectivity index (χ0n) is 15.0. The van der Waals surface area contributed by atoms with Crippen LogP contribution in [0.3, 0.4) is 0 Å². The summed E-state index contributed by atoms with van der Waals surface area (Å²) in [5, 5.41) is 22.0. The summed E-state index contributed by atoms with van der Waals surface area (Å²) in [6.07, 6.45) is 0. The molecule has 3 aromatic heterocycles. The number of hydrogen-bond donors (Lipinski definition) is 0. The first-order chi connectivity index (χ1) is 14.3. The number of benzene rings is 3. The number of nitrogens with zero attached hydrogens (tertiary/aromatic N) is 3. The second-order valence-electron chi connectivity index (χ2n) is 6.81. The van der Waals surface area contributed by atoms with Gasteiger partial charge in [0, 0.05) is 20.2 Å². The van der Waals surface area contributed by atoms with Crippen molar-refractivity contribution in [2.45, 2.75) is 0 Å². The summed E-state index contributed by atoms with van der Waals surface area (Å²) < 4.78 is 6.98. The molecule has 6 rings (SSSR count). The normalized spacial score (nSPS) is 11.4. The van der Waals surface area contributed by atoms with Crippen molar-refractivity contribution in [3.05, 3.63) is 77.9 Å². The average molecular weight is 406 g/mol. The third-order valence-electron chi connectivity index (χ3n) is 5.29. The molecule has 0 saturated heterocycles. The molecule has 134 valence electrons. The SMILES string of the molecule is N#Cc1cccc(C#N)c1-n1c2c3ccccc3sc2c2sc3ccccc3c21. The van der Waals surface area contributed by atoms with Crippen LogP contribution in [-0.2, 0) is 0 Å². The maximum atomic E-state index is 9.84. The Morgan fingerprint density at radius 1 is 0.621 bits per heavy atom. The first-order valence-electron chi connectivity index (χ1n) is 9.08. The molecule has 6 aromatic rings. The van der Waals surface area contributed by atoms with Crippen molar-refractivity contribution in [3.8, 4) is 17.8 Å². The highest BCUT2D eigenvalue weighted by molar-refractivity contribution is 7.33. The summed E-state index contributed by atoms with van der Waals surface area (Å²) in [5.41, 5.74) is 3.85. The van der Waals surface area contributed by atoms with Gasteiger partial charge in [-0.15, -0.1) is 22.7 Å². The van der Waals surface area contributed by atoms with Gasteiger partial charge in [-0.3, -0.25) is 0 Å². The molecular formula is C24H11N3S2. The van der Waals surface area contributed by atoms with Crippen LogP contribution in [0.1, 0.15) is 11.1 Å². The van der Waals surface area contributed by atoms with Crippen LogP contribution in [0.4, 0.5) is 0 Å². The molecule has 0 spiro atoms. The largest absolute Gasteiger partial charge is 0.304 e. The van der Waals surface area contributed by atoms with Crippen LogP contribution in [0.2, 0.25) is 0 Å². The molecule has 0 aliphatic rings. The third-order valence-corrected chi connectivity index (χ3v) is 7.78. The summed E-state index contributed by atoms with van der Waals surface area (Å²) in [5.74, 6) is 0. The Hall–Kier alpha value is -3.64. The van der Waals surface area contributed by atoms with Gasteiger partial charge in [0.25, 0.3) is 0 Å². The quantitative estimate of drug-likeness (QED) is 0.297. The fraction of sp³-hybridized carbons (Fsp3) is 0. The predicted molar refractivity (Wildman–Crippen MR) is 121 cm³/mol. The van der Waals surface area contributed by atoms with Gasteiger partial charge in [-0.05, 0) is 24.3 Å². The van der Waals surface area contributed by atoms with E-state index in [0.717, 1.165) is 21.8 Å². The summed E-state index contributed by atoms with van der Waals surface area (Å²) >= 11 is 3.55. The Kier molecular flexibility index (Phi) is 3.34. The molecule has 0 aliphatic heterocycles. The standard InChI is InChI=1S/C24H11N3S2/c25-12-14-6-5-7-15(13-26)20(14)27-21-16-8-1-3-10-18(16)28-23(21)24-22(27)17-9-2-4-11-19(17)29-24/h1-11H. The lowest BCUT2D eigenvalue weighted by Gasteiger charge is -2.11. The number of nitriles is 2. The van der Waals surface area contributed by atoms with Gasteiger partial charge in [-0.25, -0.2) is 0 Å². The number of rotatable bonds is 1. The van der Waals surface area contributed by atoms with E-state index in [4.69, 9.17) is 0 Å². The van der Waals surface area contributed by atoms with Crippen LogP contribution in [0.25, 0.3) is 46.3 Å². The second kappa shape index (κ2) is 5.93. The smallest absolute Gasteiger partial charge is 0.101 e. The molecule has 0 N–H and O–H groups in total. The van der Waals surface area contributed by atoms with E-state index in [1.54, 1.807) is 40.9 Å². The van der Waals surface area contributed by atoms with E-state index in [-0.39, 0.29) is 0 Å². The zero-order chi connectivity index (χ0) is 19.5. The molecule has 29 heavy (non-hydrogen) atoms. The van der Waals surface area contributed by atoms with E-state index in [9.17, 15) is 10.5 Å². The molecule has 0 fully saturated rings. The molecule has 0 radical (unpaired) electrons. The Bertz CT molecular complexity index is 1560. The highest BCUT2D eigenvalue weighted by Gasteiger charge is 2.24. The molecular weight excluding hydrogens is 394 g/mol. The number of hydrogen-bond acceptors (Lipinski definition) is 4. The number of aromatic nitrogens is 1. The molecule has 3 aromatic carbocycles. The van der Waals surface area contributed by atoms with Gasteiger partial charge in [-0.1, -0.05) is 42.5 Å². The van der Waals surface area contributed by atoms with Crippen LogP contribution in [-0.4, -0.2) is 4.57 Å². The van der Waals surface area contributed by atoms with Crippen LogP contribution >= 0.6 is 22.7 Å². The Balaban J connectivity index is 1.97. The highest BCUT2D eigenvalue weighted by atomic mass is 32.1. The Labute approximate surface area is 173 Å². The van der Waals surface area contributed by atoms with E-state index in [1.807, 2.05) is 24.3 Å². The first kappa shape index (κ1) is 16.3. The first-order valence-corrected chi connectivity index (χ1v) is 10.7. The molecule has 3 heterocycles. The lowest BCUT2D eigenvalue weighted by atomic mass is 10.1. The summed E-state index contributed by atoms with van der Waals surface area (Å²) in [7, 11) is 0. The van der Waals surface area contributed by atoms with Crippen LogP contribution in [0.5, 0.6) is 0 Å². The Morgan fingerprint density at radius 3 is 1.59 bits per heavy atom. The van der Waals surface area contributed by atoms with Crippen molar-refractivity contribution in [2.75, 3.05) is 0 Å². The summed E-state index contributed by atoms with van der Waals surface area (Å²) in [6, 6.07) is 26.6. The van der Waals surface area contributed by atoms with E-state index >= 15 is 0 Å². The summed E-state index contributed by atoms with van der Waals surface area (Å²) in [4.78, 5) is 0. The van der Waals surface area contributed by atoms with E-state index in [2.05, 4.69) is 41.0 Å². The van der Waals surface area contributed by atoms with E-state index in [0.29, 0.717) is 16.8 Å². The van der Waals surface area contributed by atoms with Gasteiger partial charge in [0.2, 0.25) is 0 Å². The number of para-hydroxylation sites is 1. The lowest BCUT2D eigenvalue weighted by Crippen LogP contribution is -2.00. The number of fused-ring (bicyclic) bond motifs is 7. The van der Waals surface area contributed by atoms with Gasteiger partial charge in [0.15, 0.2) is 0 Å². The van der Waals surface area contributed by atoms with E-state index in [1.165, 1.54) is 18.8 Å². The van der Waals surface area contributed by atoms with Crippen molar-refractivity contribution in [1.82, 2.24) is 4.57 Å². The van der Waals surface area contributed by atoms with Crippen LogP contribution in [0.15, 0.2) is 66.7 Å². The van der Waals surface area contributed by atoms with Gasteiger partial charge < -0.3 is 4.57 Å². The molecule has 0 unspecified atom stereocenters. The van der Waals surface area contributed by atoms with Gasteiger partial charge in [-0.2, -0.15) is 10.5 Å². The van der Waals surface area contributed by atoms with Crippen LogP contribution < -0.4 is 0 Å². The number of thiophene rings is 2. The minimum Gasteiger partial charge on any atom is -0.304 e. The maximum absolute atomic E-state index is 9.84. The van der Waals surface area contributed by atoms with Crippen molar-refractivity contribution in [3.63, 3.8) is 0 Å². The average Bonchev–Trinajstić information content (AvgIpc) is 3.41. The monoisotopic (exact) mass is 405 g/mol. The maximum Gasteiger partial charge on any atom is 0.101 e. The fourth-order valence-electron chi connectivity index (χ4n) is 4.12. The Morgan fingerprint density at radius 2 is 1.10 bits per heavy atom. The van der Waals surface area contributed by atoms with E-state index < -0.39 is 0 Å². The predicted octanol–water partition coefficient (Wildman–Crippen LogP) is 6.96. The fourth-order valence-corrected chi connectivity index (χ4v) is 6.62. The van der Waals surface area contributed by atoms with Crippen LogP contribution in [0, 0.1) is 22.7 Å². The lowest BCUT2D eigenvalue weighted by molar-refractivity contribution is 1.17. The molecule has 0 atom stereocenters. The van der Waals surface area contributed by atoms with Gasteiger partial charge in [0.1, 0.15) is 12.1 Å². The molecule has 0 aliphatic carbocycles. The van der Waals surface area contributed by atoms with Crippen molar-refractivity contribution in [2.24, 2.45) is 0 Å². The van der Waals surface area contributed by atoms with Crippen molar-refractivity contribution >= 4 is 63.3 Å². The molecule has 5 heteroatoms. The molecule has 0 bridgehead atoms. The second-order valence-corrected chi connectivity index (χ2v) is 8.92. The van der Waals surface area contributed by atoms with Crippen molar-refractivity contribution < 1.29 is 0 Å². The minimum atomic E-state index is 0.508. The molecule has 0 amide bonds. The third kappa shape index (κ3) is 2.09. The topological polar surface area (TPSA) is 52.5 Å². The van der Waals surface area contributed by atoms with Gasteiger partial charge in [0.05, 0.1) is 37.2 Å². The molecule has 3 nitrogen and oxygen atoms in total. The highest BCUT2D eigenvalue weighted by Crippen LogP contribution is 2.48. The molecule has 0 saturated carbocycles. The van der Waals surface area contributed by atoms with Gasteiger partial charge >= 0.3 is 0 Å².